The summed E-state index contributed by atoms with van der Waals surface area (Å²) in [5.74, 6) is 4.77. The van der Waals surface area contributed by atoms with Crippen molar-refractivity contribution in [3.8, 4) is 0 Å². The molecular formula is C9H19N3O2. The lowest BCUT2D eigenvalue weighted by molar-refractivity contribution is -0.170. The Morgan fingerprint density at radius 2 is 2.21 bits per heavy atom. The molecule has 82 valence electrons. The summed E-state index contributed by atoms with van der Waals surface area (Å²) in [5, 5.41) is 0. The minimum atomic E-state index is -0.901. The fourth-order valence-corrected chi connectivity index (χ4v) is 1.95. The fraction of sp³-hybridized carbons (Fsp3) is 0.889. The van der Waals surface area contributed by atoms with Crippen molar-refractivity contribution in [1.29, 1.82) is 0 Å². The Labute approximate surface area is 84.1 Å². The van der Waals surface area contributed by atoms with Crippen molar-refractivity contribution >= 4 is 5.91 Å². The zero-order chi connectivity index (χ0) is 11.0. The summed E-state index contributed by atoms with van der Waals surface area (Å²) < 4.78 is 5.48. The second-order valence-electron chi connectivity index (χ2n) is 4.31. The van der Waals surface area contributed by atoms with Crippen LogP contribution in [0.25, 0.3) is 0 Å². The summed E-state index contributed by atoms with van der Waals surface area (Å²) in [4.78, 5) is 11.5. The molecule has 14 heavy (non-hydrogen) atoms. The molecular weight excluding hydrogens is 182 g/mol. The molecule has 1 aliphatic rings. The van der Waals surface area contributed by atoms with Crippen LogP contribution in [0.5, 0.6) is 0 Å². The van der Waals surface area contributed by atoms with Crippen LogP contribution >= 0.6 is 0 Å². The van der Waals surface area contributed by atoms with E-state index in [1.165, 1.54) is 0 Å². The molecule has 2 atom stereocenters. The first-order valence-electron chi connectivity index (χ1n) is 4.81. The van der Waals surface area contributed by atoms with Gasteiger partial charge in [-0.3, -0.25) is 10.2 Å². The van der Waals surface area contributed by atoms with Crippen LogP contribution in [0, 0.1) is 5.41 Å². The van der Waals surface area contributed by atoms with Crippen LogP contribution in [0.15, 0.2) is 0 Å². The van der Waals surface area contributed by atoms with Crippen LogP contribution in [0.1, 0.15) is 27.2 Å². The quantitative estimate of drug-likeness (QED) is 0.326. The predicted molar refractivity (Wildman–Crippen MR) is 53.1 cm³/mol. The van der Waals surface area contributed by atoms with Gasteiger partial charge in [-0.15, -0.1) is 0 Å². The molecule has 5 nitrogen and oxygen atoms in total. The lowest BCUT2D eigenvalue weighted by Gasteiger charge is -2.57. The second kappa shape index (κ2) is 3.49. The summed E-state index contributed by atoms with van der Waals surface area (Å²) in [6.07, 6.45) is 0.562. The van der Waals surface area contributed by atoms with E-state index in [2.05, 4.69) is 5.43 Å². The molecule has 0 aromatic carbocycles. The molecule has 0 radical (unpaired) electrons. The first-order valence-corrected chi connectivity index (χ1v) is 4.81. The van der Waals surface area contributed by atoms with E-state index < -0.39 is 5.54 Å². The van der Waals surface area contributed by atoms with Gasteiger partial charge in [-0.05, 0) is 6.92 Å². The van der Waals surface area contributed by atoms with Crippen LogP contribution < -0.4 is 17.0 Å². The topological polar surface area (TPSA) is 90.4 Å². The van der Waals surface area contributed by atoms with Crippen molar-refractivity contribution < 1.29 is 9.53 Å². The number of amides is 1. The predicted octanol–water partition coefficient (Wildman–Crippen LogP) is -0.491. The van der Waals surface area contributed by atoms with E-state index in [0.29, 0.717) is 13.0 Å². The summed E-state index contributed by atoms with van der Waals surface area (Å²) >= 11 is 0. The Bertz CT molecular complexity index is 242. The number of hydrogen-bond acceptors (Lipinski definition) is 4. The molecule has 5 N–H and O–H groups in total. The molecule has 1 amide bonds. The van der Waals surface area contributed by atoms with Crippen LogP contribution in [0.4, 0.5) is 0 Å². The molecule has 0 bridgehead atoms. The lowest BCUT2D eigenvalue weighted by Crippen LogP contribution is -2.76. The molecule has 1 saturated carbocycles. The highest BCUT2D eigenvalue weighted by molar-refractivity contribution is 5.88. The van der Waals surface area contributed by atoms with E-state index in [4.69, 9.17) is 16.3 Å². The summed E-state index contributed by atoms with van der Waals surface area (Å²) in [5.41, 5.74) is 6.82. The Morgan fingerprint density at radius 1 is 1.64 bits per heavy atom. The van der Waals surface area contributed by atoms with Crippen LogP contribution in [0.3, 0.4) is 0 Å². The molecule has 1 rings (SSSR count). The van der Waals surface area contributed by atoms with Gasteiger partial charge in [0.1, 0.15) is 5.54 Å². The highest BCUT2D eigenvalue weighted by Crippen LogP contribution is 2.49. The molecule has 0 aromatic rings. The number of rotatable bonds is 3. The minimum Gasteiger partial charge on any atom is -0.378 e. The Kier molecular flexibility index (Phi) is 2.85. The number of carbonyl (C=O) groups is 1. The highest BCUT2D eigenvalue weighted by Gasteiger charge is 2.62. The number of hydrazine groups is 1. The molecule has 0 saturated heterocycles. The first-order chi connectivity index (χ1) is 6.40. The lowest BCUT2D eigenvalue weighted by atomic mass is 9.54. The van der Waals surface area contributed by atoms with Gasteiger partial charge in [-0.1, -0.05) is 13.8 Å². The third-order valence-corrected chi connectivity index (χ3v) is 3.37. The molecule has 0 heterocycles. The van der Waals surface area contributed by atoms with Crippen molar-refractivity contribution in [3.05, 3.63) is 0 Å². The smallest absolute Gasteiger partial charge is 0.254 e. The van der Waals surface area contributed by atoms with E-state index in [-0.39, 0.29) is 17.4 Å². The average Bonchev–Trinajstić information content (AvgIpc) is 2.16. The van der Waals surface area contributed by atoms with Crippen molar-refractivity contribution in [2.45, 2.75) is 38.8 Å². The maximum Gasteiger partial charge on any atom is 0.254 e. The second-order valence-corrected chi connectivity index (χ2v) is 4.31. The van der Waals surface area contributed by atoms with E-state index in [0.717, 1.165) is 0 Å². The summed E-state index contributed by atoms with van der Waals surface area (Å²) in [6, 6.07) is 0. The van der Waals surface area contributed by atoms with E-state index >= 15 is 0 Å². The number of nitrogens with two attached hydrogens (primary N) is 2. The molecule has 5 heteroatoms. The number of nitrogens with one attached hydrogen (secondary N) is 1. The average molecular weight is 201 g/mol. The van der Waals surface area contributed by atoms with E-state index in [1.54, 1.807) is 0 Å². The number of ether oxygens (including phenoxy) is 1. The third kappa shape index (κ3) is 1.32. The van der Waals surface area contributed by atoms with Crippen LogP contribution in [-0.2, 0) is 9.53 Å². The van der Waals surface area contributed by atoms with Gasteiger partial charge in [0.2, 0.25) is 0 Å². The maximum absolute atomic E-state index is 11.5. The molecule has 0 aromatic heterocycles. The van der Waals surface area contributed by atoms with E-state index in [9.17, 15) is 4.79 Å². The van der Waals surface area contributed by atoms with Crippen LogP contribution in [-0.4, -0.2) is 24.2 Å². The van der Waals surface area contributed by atoms with E-state index in [1.807, 2.05) is 20.8 Å². The normalized spacial score (nSPS) is 34.8. The summed E-state index contributed by atoms with van der Waals surface area (Å²) in [7, 11) is 0. The Morgan fingerprint density at radius 3 is 2.57 bits per heavy atom. The van der Waals surface area contributed by atoms with Gasteiger partial charge in [0.15, 0.2) is 0 Å². The van der Waals surface area contributed by atoms with Gasteiger partial charge in [0.25, 0.3) is 5.91 Å². The molecule has 0 spiro atoms. The number of hydrogen-bond donors (Lipinski definition) is 3. The molecule has 0 aliphatic heterocycles. The molecule has 1 fully saturated rings. The van der Waals surface area contributed by atoms with Gasteiger partial charge < -0.3 is 10.5 Å². The van der Waals surface area contributed by atoms with Gasteiger partial charge in [-0.2, -0.15) is 0 Å². The first kappa shape index (κ1) is 11.4. The fourth-order valence-electron chi connectivity index (χ4n) is 1.95. The van der Waals surface area contributed by atoms with Crippen molar-refractivity contribution in [2.75, 3.05) is 6.61 Å². The van der Waals surface area contributed by atoms with Gasteiger partial charge in [0, 0.05) is 18.4 Å². The molecule has 2 unspecified atom stereocenters. The Balaban J connectivity index is 2.74. The van der Waals surface area contributed by atoms with Gasteiger partial charge >= 0.3 is 0 Å². The molecule has 1 aliphatic carbocycles. The number of carbonyl (C=O) groups excluding carboxylic acids is 1. The maximum atomic E-state index is 11.5. The van der Waals surface area contributed by atoms with Crippen LogP contribution in [0.2, 0.25) is 0 Å². The highest BCUT2D eigenvalue weighted by atomic mass is 16.5. The van der Waals surface area contributed by atoms with Gasteiger partial charge in [-0.25, -0.2) is 5.84 Å². The summed E-state index contributed by atoms with van der Waals surface area (Å²) in [6.45, 7) is 6.40. The third-order valence-electron chi connectivity index (χ3n) is 3.37. The van der Waals surface area contributed by atoms with Crippen molar-refractivity contribution in [1.82, 2.24) is 5.43 Å². The minimum absolute atomic E-state index is 0.0369. The largest absolute Gasteiger partial charge is 0.378 e. The van der Waals surface area contributed by atoms with Crippen molar-refractivity contribution in [2.24, 2.45) is 17.0 Å². The SMILES string of the molecule is CCOC1CC(N)(C(=O)NN)C1(C)C. The zero-order valence-electron chi connectivity index (χ0n) is 8.96. The Hall–Kier alpha value is -0.650. The zero-order valence-corrected chi connectivity index (χ0v) is 8.96. The monoisotopic (exact) mass is 201 g/mol. The van der Waals surface area contributed by atoms with Gasteiger partial charge in [0.05, 0.1) is 6.10 Å². The standard InChI is InChI=1S/C9H19N3O2/c1-4-14-6-5-9(10,7(13)12-11)8(6,2)3/h6H,4-5,10-11H2,1-3H3,(H,12,13). The van der Waals surface area contributed by atoms with Crippen molar-refractivity contribution in [3.63, 3.8) is 0 Å².